The molecule has 0 saturated carbocycles. The monoisotopic (exact) mass is 373 g/mol. The highest BCUT2D eigenvalue weighted by molar-refractivity contribution is 6.04. The number of carbonyl (C=O) groups excluding carboxylic acids is 1. The third kappa shape index (κ3) is 2.77. The third-order valence-corrected chi connectivity index (χ3v) is 5.52. The van der Waals surface area contributed by atoms with Crippen LogP contribution in [0.15, 0.2) is 42.6 Å². The molecular formula is C20H19N7O. The molecule has 5 heterocycles. The number of rotatable bonds is 3. The first-order valence-corrected chi connectivity index (χ1v) is 9.38. The van der Waals surface area contributed by atoms with E-state index in [0.717, 1.165) is 25.0 Å². The van der Waals surface area contributed by atoms with Crippen LogP contribution in [0.25, 0.3) is 5.52 Å². The number of anilines is 2. The molecule has 8 nitrogen and oxygen atoms in total. The summed E-state index contributed by atoms with van der Waals surface area (Å²) in [5.41, 5.74) is 2.07. The van der Waals surface area contributed by atoms with E-state index in [1.54, 1.807) is 41.0 Å². The van der Waals surface area contributed by atoms with Crippen molar-refractivity contribution in [2.24, 2.45) is 0 Å². The Hall–Kier alpha value is -3.44. The Labute approximate surface area is 161 Å². The van der Waals surface area contributed by atoms with Gasteiger partial charge in [0, 0.05) is 25.2 Å². The molecule has 3 aromatic rings. The van der Waals surface area contributed by atoms with E-state index in [0.29, 0.717) is 35.0 Å². The molecule has 3 aliphatic rings. The van der Waals surface area contributed by atoms with Crippen molar-refractivity contribution in [1.82, 2.24) is 19.9 Å². The minimum atomic E-state index is -0.311. The van der Waals surface area contributed by atoms with Gasteiger partial charge in [-0.2, -0.15) is 5.26 Å². The van der Waals surface area contributed by atoms with Crippen LogP contribution in [0.4, 0.5) is 11.6 Å². The van der Waals surface area contributed by atoms with Gasteiger partial charge < -0.3 is 15.5 Å². The van der Waals surface area contributed by atoms with E-state index in [1.807, 2.05) is 6.07 Å². The first-order valence-electron chi connectivity index (χ1n) is 9.38. The Morgan fingerprint density at radius 1 is 1.25 bits per heavy atom. The van der Waals surface area contributed by atoms with Gasteiger partial charge in [-0.15, -0.1) is 5.10 Å². The summed E-state index contributed by atoms with van der Waals surface area (Å²) < 4.78 is 1.63. The first kappa shape index (κ1) is 16.7. The fraction of sp³-hybridized carbons (Fsp3) is 0.300. The van der Waals surface area contributed by atoms with E-state index < -0.39 is 0 Å². The third-order valence-electron chi connectivity index (χ3n) is 5.52. The number of amides is 1. The number of piperazine rings is 1. The van der Waals surface area contributed by atoms with Crippen LogP contribution in [0.2, 0.25) is 0 Å². The van der Waals surface area contributed by atoms with Crippen molar-refractivity contribution in [1.29, 1.82) is 5.26 Å². The molecule has 0 unspecified atom stereocenters. The molecule has 2 bridgehead atoms. The molecule has 2 N–H and O–H groups in total. The second-order valence-corrected chi connectivity index (χ2v) is 7.21. The number of piperidine rings is 2. The lowest BCUT2D eigenvalue weighted by atomic mass is 9.93. The molecule has 1 aromatic carbocycles. The molecule has 140 valence electrons. The van der Waals surface area contributed by atoms with E-state index >= 15 is 0 Å². The highest BCUT2D eigenvalue weighted by Crippen LogP contribution is 2.26. The number of carbonyl (C=O) groups is 1. The van der Waals surface area contributed by atoms with E-state index in [2.05, 4.69) is 31.7 Å². The van der Waals surface area contributed by atoms with E-state index in [1.165, 1.54) is 6.42 Å². The summed E-state index contributed by atoms with van der Waals surface area (Å²) in [5, 5.41) is 20.2. The number of hydrogen-bond acceptors (Lipinski definition) is 6. The van der Waals surface area contributed by atoms with Crippen molar-refractivity contribution in [3.05, 3.63) is 53.9 Å². The van der Waals surface area contributed by atoms with Crippen molar-refractivity contribution in [3.63, 3.8) is 0 Å². The second kappa shape index (κ2) is 6.62. The predicted octanol–water partition coefficient (Wildman–Crippen LogP) is 1.79. The average Bonchev–Trinajstić information content (AvgIpc) is 3.18. The van der Waals surface area contributed by atoms with Crippen LogP contribution in [0.1, 0.15) is 28.9 Å². The standard InChI is InChI=1S/C20H19N7O/c21-9-13-3-1-2-4-17(13)24-19(28)18-8-7-16-11-23-20(25-27(16)18)26-12-14-5-6-15(26)10-22-14/h1-4,7-8,11,14-15,22H,5-6,10,12H2,(H,24,28)/t14-,15-/m1/s1. The van der Waals surface area contributed by atoms with Crippen molar-refractivity contribution >= 4 is 23.1 Å². The van der Waals surface area contributed by atoms with Gasteiger partial charge in [-0.05, 0) is 37.1 Å². The zero-order chi connectivity index (χ0) is 19.1. The molecule has 8 heteroatoms. The van der Waals surface area contributed by atoms with Gasteiger partial charge in [0.15, 0.2) is 0 Å². The number of fused-ring (bicyclic) bond motifs is 4. The topological polar surface area (TPSA) is 98.3 Å². The molecule has 0 radical (unpaired) electrons. The van der Waals surface area contributed by atoms with Crippen LogP contribution in [0.3, 0.4) is 0 Å². The maximum Gasteiger partial charge on any atom is 0.274 e. The molecule has 3 fully saturated rings. The molecule has 0 aliphatic carbocycles. The maximum atomic E-state index is 12.8. The first-order chi connectivity index (χ1) is 13.7. The summed E-state index contributed by atoms with van der Waals surface area (Å²) >= 11 is 0. The second-order valence-electron chi connectivity index (χ2n) is 7.21. The van der Waals surface area contributed by atoms with Crippen LogP contribution < -0.4 is 15.5 Å². The van der Waals surface area contributed by atoms with Crippen molar-refractivity contribution < 1.29 is 4.79 Å². The molecule has 3 aliphatic heterocycles. The number of para-hydroxylation sites is 1. The van der Waals surface area contributed by atoms with Gasteiger partial charge in [0.2, 0.25) is 5.95 Å². The lowest BCUT2D eigenvalue weighted by molar-refractivity contribution is 0.102. The van der Waals surface area contributed by atoms with Gasteiger partial charge in [-0.1, -0.05) is 12.1 Å². The van der Waals surface area contributed by atoms with Gasteiger partial charge >= 0.3 is 0 Å². The molecule has 0 spiro atoms. The fourth-order valence-electron chi connectivity index (χ4n) is 4.03. The van der Waals surface area contributed by atoms with E-state index in [4.69, 9.17) is 0 Å². The summed E-state index contributed by atoms with van der Waals surface area (Å²) in [5.74, 6) is 0.334. The SMILES string of the molecule is N#Cc1ccccc1NC(=O)c1ccc2cnc(N3C[C@H]4CC[C@@H]3CN4)nn12. The Morgan fingerprint density at radius 3 is 2.89 bits per heavy atom. The summed E-state index contributed by atoms with van der Waals surface area (Å²) in [4.78, 5) is 19.6. The van der Waals surface area contributed by atoms with Gasteiger partial charge in [-0.25, -0.2) is 9.50 Å². The number of nitriles is 1. The van der Waals surface area contributed by atoms with Gasteiger partial charge in [0.05, 0.1) is 23.0 Å². The van der Waals surface area contributed by atoms with Gasteiger partial charge in [-0.3, -0.25) is 4.79 Å². The summed E-state index contributed by atoms with van der Waals surface area (Å²) in [6, 6.07) is 13.4. The fourth-order valence-corrected chi connectivity index (χ4v) is 4.03. The zero-order valence-electron chi connectivity index (χ0n) is 15.2. The number of nitrogens with one attached hydrogen (secondary N) is 2. The Kier molecular flexibility index (Phi) is 3.95. The smallest absolute Gasteiger partial charge is 0.274 e. The lowest BCUT2D eigenvalue weighted by Gasteiger charge is -2.45. The number of hydrogen-bond donors (Lipinski definition) is 2. The van der Waals surface area contributed by atoms with Gasteiger partial charge in [0.1, 0.15) is 11.8 Å². The Balaban J connectivity index is 1.47. The van der Waals surface area contributed by atoms with Crippen LogP contribution in [0, 0.1) is 11.3 Å². The summed E-state index contributed by atoms with van der Waals surface area (Å²) in [7, 11) is 0. The van der Waals surface area contributed by atoms with Crippen LogP contribution >= 0.6 is 0 Å². The largest absolute Gasteiger partial charge is 0.334 e. The van der Waals surface area contributed by atoms with Gasteiger partial charge in [0.25, 0.3) is 5.91 Å². The van der Waals surface area contributed by atoms with Crippen molar-refractivity contribution in [2.45, 2.75) is 24.9 Å². The van der Waals surface area contributed by atoms with Crippen molar-refractivity contribution in [3.8, 4) is 6.07 Å². The number of benzene rings is 1. The molecular weight excluding hydrogens is 354 g/mol. The number of nitrogens with zero attached hydrogens (tertiary/aromatic N) is 5. The minimum absolute atomic E-state index is 0.311. The average molecular weight is 373 g/mol. The maximum absolute atomic E-state index is 12.8. The van der Waals surface area contributed by atoms with Crippen LogP contribution in [0.5, 0.6) is 0 Å². The quantitative estimate of drug-likeness (QED) is 0.726. The normalized spacial score (nSPS) is 20.9. The molecule has 1 amide bonds. The predicted molar refractivity (Wildman–Crippen MR) is 104 cm³/mol. The van der Waals surface area contributed by atoms with Crippen LogP contribution in [-0.4, -0.2) is 45.7 Å². The molecule has 3 saturated heterocycles. The zero-order valence-corrected chi connectivity index (χ0v) is 15.2. The highest BCUT2D eigenvalue weighted by Gasteiger charge is 2.35. The molecule has 2 aromatic heterocycles. The van der Waals surface area contributed by atoms with Crippen LogP contribution in [-0.2, 0) is 0 Å². The van der Waals surface area contributed by atoms with Crippen molar-refractivity contribution in [2.75, 3.05) is 23.3 Å². The molecule has 6 rings (SSSR count). The summed E-state index contributed by atoms with van der Waals surface area (Å²) in [6.45, 7) is 1.82. The minimum Gasteiger partial charge on any atom is -0.334 e. The lowest BCUT2D eigenvalue weighted by Crippen LogP contribution is -2.61. The summed E-state index contributed by atoms with van der Waals surface area (Å²) in [6.07, 6.45) is 4.06. The Morgan fingerprint density at radius 2 is 2.14 bits per heavy atom. The van der Waals surface area contributed by atoms with E-state index in [9.17, 15) is 10.1 Å². The molecule has 28 heavy (non-hydrogen) atoms. The van der Waals surface area contributed by atoms with E-state index in [-0.39, 0.29) is 5.91 Å². The molecule has 2 atom stereocenters. The highest BCUT2D eigenvalue weighted by atomic mass is 16.2. The Bertz CT molecular complexity index is 1090. The number of aromatic nitrogens is 3.